The number of amides is 1. The first kappa shape index (κ1) is 30.8. The number of hydrogen-bond donors (Lipinski definition) is 2. The van der Waals surface area contributed by atoms with Crippen molar-refractivity contribution >= 4 is 38.3 Å². The monoisotopic (exact) mass is 607 g/mol. The number of nitrogens with zero attached hydrogens (tertiary/aromatic N) is 5. The van der Waals surface area contributed by atoms with Gasteiger partial charge in [0.15, 0.2) is 21.3 Å². The van der Waals surface area contributed by atoms with Crippen molar-refractivity contribution in [3.63, 3.8) is 0 Å². The third kappa shape index (κ3) is 5.93. The van der Waals surface area contributed by atoms with E-state index in [1.54, 1.807) is 13.0 Å². The van der Waals surface area contributed by atoms with Crippen molar-refractivity contribution in [2.75, 3.05) is 30.9 Å². The molecule has 43 heavy (non-hydrogen) atoms. The van der Waals surface area contributed by atoms with Crippen LogP contribution in [0.4, 0.5) is 20.3 Å². The fourth-order valence-electron chi connectivity index (χ4n) is 4.63. The zero-order valence-electron chi connectivity index (χ0n) is 23.4. The Balaban J connectivity index is 2.05. The summed E-state index contributed by atoms with van der Waals surface area (Å²) in [5, 5.41) is 12.1. The minimum Gasteiger partial charge on any atom is -0.398 e. The van der Waals surface area contributed by atoms with Crippen LogP contribution in [-0.4, -0.2) is 59.6 Å². The smallest absolute Gasteiger partial charge is 0.355 e. The number of halogens is 2. The highest BCUT2D eigenvalue weighted by atomic mass is 32.2. The van der Waals surface area contributed by atoms with Gasteiger partial charge >= 0.3 is 5.69 Å². The maximum atomic E-state index is 15.7. The molecule has 0 aliphatic rings. The molecule has 3 N–H and O–H groups in total. The molecule has 4 rings (SSSR count). The van der Waals surface area contributed by atoms with E-state index >= 15 is 4.39 Å². The number of aromatic nitrogens is 3. The standard InChI is InChI=1S/C29H27F2N7O4S/c1-5-23(39)37(3)17(12-13-32)15-34-27-18-14-20(31)25(24-19(30)9-7-10-21(24)33)35-28(18)38(29(40)36-27)26-16(2)8-6-11-22(26)43(4,41)42/h5-11,14,17H,1,12,15,33H2,2-4H3,(H,34,36,40). The highest BCUT2D eigenvalue weighted by Gasteiger charge is 2.26. The number of likely N-dealkylation sites (N-methyl/N-ethyl adjacent to an activating group) is 1. The number of anilines is 2. The van der Waals surface area contributed by atoms with E-state index in [0.29, 0.717) is 5.56 Å². The quantitative estimate of drug-likeness (QED) is 0.214. The van der Waals surface area contributed by atoms with E-state index in [1.165, 1.54) is 36.2 Å². The molecule has 222 valence electrons. The van der Waals surface area contributed by atoms with Gasteiger partial charge in [-0.2, -0.15) is 10.2 Å². The molecular weight excluding hydrogens is 580 g/mol. The number of nitriles is 1. The molecule has 2 heterocycles. The van der Waals surface area contributed by atoms with Crippen molar-refractivity contribution in [3.8, 4) is 23.0 Å². The number of rotatable bonds is 9. The highest BCUT2D eigenvalue weighted by molar-refractivity contribution is 7.90. The second kappa shape index (κ2) is 12.0. The number of sulfone groups is 1. The fourth-order valence-corrected chi connectivity index (χ4v) is 5.56. The second-order valence-electron chi connectivity index (χ2n) is 9.72. The number of nitrogens with two attached hydrogens (primary N) is 1. The molecule has 0 aliphatic heterocycles. The van der Waals surface area contributed by atoms with Crippen LogP contribution in [0, 0.1) is 29.9 Å². The van der Waals surface area contributed by atoms with Crippen LogP contribution in [0.15, 0.2) is 64.8 Å². The van der Waals surface area contributed by atoms with E-state index in [-0.39, 0.29) is 51.7 Å². The number of pyridine rings is 1. The topological polar surface area (TPSA) is 164 Å². The average Bonchev–Trinajstić information content (AvgIpc) is 2.94. The number of fused-ring (bicyclic) bond motifs is 1. The van der Waals surface area contributed by atoms with E-state index in [0.717, 1.165) is 29.0 Å². The van der Waals surface area contributed by atoms with E-state index < -0.39 is 44.8 Å². The summed E-state index contributed by atoms with van der Waals surface area (Å²) in [4.78, 5) is 35.3. The van der Waals surface area contributed by atoms with Gasteiger partial charge in [-0.15, -0.1) is 0 Å². The van der Waals surface area contributed by atoms with E-state index in [9.17, 15) is 27.7 Å². The van der Waals surface area contributed by atoms with Crippen molar-refractivity contribution in [1.82, 2.24) is 19.4 Å². The molecular formula is C29H27F2N7O4S. The Hall–Kier alpha value is -5.16. The summed E-state index contributed by atoms with van der Waals surface area (Å²) in [6.45, 7) is 4.93. The molecule has 1 amide bonds. The van der Waals surface area contributed by atoms with Crippen LogP contribution >= 0.6 is 0 Å². The predicted molar refractivity (Wildman–Crippen MR) is 158 cm³/mol. The van der Waals surface area contributed by atoms with Gasteiger partial charge in [-0.1, -0.05) is 24.8 Å². The van der Waals surface area contributed by atoms with Crippen LogP contribution in [0.5, 0.6) is 0 Å². The SMILES string of the molecule is C=CC(=O)N(C)C(CC#N)CNc1nc(=O)n(-c2c(C)cccc2S(C)(=O)=O)c2nc(-c3c(N)cccc3F)c(F)cc12. The molecule has 0 saturated heterocycles. The molecule has 2 aromatic carbocycles. The first-order valence-electron chi connectivity index (χ1n) is 12.8. The first-order chi connectivity index (χ1) is 20.3. The van der Waals surface area contributed by atoms with Crippen molar-refractivity contribution < 1.29 is 22.0 Å². The number of carbonyl (C=O) groups is 1. The number of benzene rings is 2. The molecule has 11 nitrogen and oxygen atoms in total. The normalized spacial score (nSPS) is 12.0. The number of nitrogens with one attached hydrogen (secondary N) is 1. The van der Waals surface area contributed by atoms with Gasteiger partial charge in [0.25, 0.3) is 0 Å². The lowest BCUT2D eigenvalue weighted by Crippen LogP contribution is -2.40. The average molecular weight is 608 g/mol. The summed E-state index contributed by atoms with van der Waals surface area (Å²) in [6.07, 6.45) is 1.95. The van der Waals surface area contributed by atoms with Crippen LogP contribution in [0.1, 0.15) is 12.0 Å². The molecule has 0 spiro atoms. The van der Waals surface area contributed by atoms with Gasteiger partial charge < -0.3 is 16.0 Å². The second-order valence-corrected chi connectivity index (χ2v) is 11.7. The lowest BCUT2D eigenvalue weighted by atomic mass is 10.1. The lowest BCUT2D eigenvalue weighted by Gasteiger charge is -2.26. The molecule has 4 aromatic rings. The maximum Gasteiger partial charge on any atom is 0.355 e. The summed E-state index contributed by atoms with van der Waals surface area (Å²) in [5.41, 5.74) is 4.07. The Morgan fingerprint density at radius 1 is 1.23 bits per heavy atom. The third-order valence-corrected chi connectivity index (χ3v) is 7.96. The van der Waals surface area contributed by atoms with Gasteiger partial charge in [0.05, 0.1) is 40.1 Å². The van der Waals surface area contributed by atoms with Gasteiger partial charge in [-0.25, -0.2) is 31.5 Å². The summed E-state index contributed by atoms with van der Waals surface area (Å²) in [5.74, 6) is -2.48. The summed E-state index contributed by atoms with van der Waals surface area (Å²) in [6, 6.07) is 10.4. The first-order valence-corrected chi connectivity index (χ1v) is 14.7. The molecule has 0 radical (unpaired) electrons. The minimum atomic E-state index is -3.89. The minimum absolute atomic E-state index is 0.0631. The summed E-state index contributed by atoms with van der Waals surface area (Å²) >= 11 is 0. The Labute approximate surface area is 245 Å². The number of carbonyl (C=O) groups excluding carboxylic acids is 1. The van der Waals surface area contributed by atoms with Gasteiger partial charge in [0, 0.05) is 25.5 Å². The largest absolute Gasteiger partial charge is 0.398 e. The van der Waals surface area contributed by atoms with Crippen molar-refractivity contribution in [2.24, 2.45) is 0 Å². The molecule has 1 unspecified atom stereocenters. The third-order valence-electron chi connectivity index (χ3n) is 6.83. The van der Waals surface area contributed by atoms with E-state index in [1.807, 2.05) is 6.07 Å². The predicted octanol–water partition coefficient (Wildman–Crippen LogP) is 3.36. The molecule has 1 atom stereocenters. The Morgan fingerprint density at radius 2 is 1.93 bits per heavy atom. The summed E-state index contributed by atoms with van der Waals surface area (Å²) in [7, 11) is -2.43. The highest BCUT2D eigenvalue weighted by Crippen LogP contribution is 2.34. The van der Waals surface area contributed by atoms with Crippen LogP contribution in [-0.2, 0) is 14.6 Å². The molecule has 0 aliphatic carbocycles. The van der Waals surface area contributed by atoms with Crippen molar-refractivity contribution in [1.29, 1.82) is 5.26 Å². The van der Waals surface area contributed by atoms with E-state index in [4.69, 9.17) is 5.73 Å². The molecule has 2 aromatic heterocycles. The number of hydrogen-bond acceptors (Lipinski definition) is 9. The summed E-state index contributed by atoms with van der Waals surface area (Å²) < 4.78 is 57.0. The van der Waals surface area contributed by atoms with Crippen molar-refractivity contribution in [3.05, 3.63) is 82.8 Å². The van der Waals surface area contributed by atoms with Gasteiger partial charge in [-0.3, -0.25) is 4.79 Å². The fraction of sp³-hybridized carbons (Fsp3) is 0.207. The molecule has 14 heteroatoms. The Morgan fingerprint density at radius 3 is 2.56 bits per heavy atom. The van der Waals surface area contributed by atoms with Gasteiger partial charge in [0.2, 0.25) is 5.91 Å². The molecule has 0 fully saturated rings. The van der Waals surface area contributed by atoms with Gasteiger partial charge in [0.1, 0.15) is 17.3 Å². The maximum absolute atomic E-state index is 15.7. The van der Waals surface area contributed by atoms with Crippen molar-refractivity contribution in [2.45, 2.75) is 24.3 Å². The Kier molecular flexibility index (Phi) is 8.58. The van der Waals surface area contributed by atoms with Crippen LogP contribution in [0.3, 0.4) is 0 Å². The van der Waals surface area contributed by atoms with Crippen LogP contribution in [0.25, 0.3) is 28.0 Å². The Bertz CT molecular complexity index is 1970. The molecule has 0 bridgehead atoms. The number of aryl methyl sites for hydroxylation is 1. The zero-order chi connectivity index (χ0) is 31.6. The van der Waals surface area contributed by atoms with E-state index in [2.05, 4.69) is 21.9 Å². The lowest BCUT2D eigenvalue weighted by molar-refractivity contribution is -0.126. The molecule has 0 saturated carbocycles. The zero-order valence-corrected chi connectivity index (χ0v) is 24.2. The van der Waals surface area contributed by atoms with Crippen LogP contribution in [0.2, 0.25) is 0 Å². The van der Waals surface area contributed by atoms with Crippen LogP contribution < -0.4 is 16.7 Å². The number of para-hydroxylation sites is 1. The van der Waals surface area contributed by atoms with Gasteiger partial charge in [-0.05, 0) is 42.8 Å². The number of nitrogen functional groups attached to an aromatic ring is 1.